The molecule has 1 aromatic carbocycles. The Hall–Kier alpha value is -2.78. The first-order valence-corrected chi connectivity index (χ1v) is 11.2. The van der Waals surface area contributed by atoms with E-state index in [1.54, 1.807) is 46.8 Å². The Labute approximate surface area is 177 Å². The minimum Gasteiger partial charge on any atom is -0.462 e. The summed E-state index contributed by atoms with van der Waals surface area (Å²) in [4.78, 5) is 28.8. The number of amides is 1. The maximum atomic E-state index is 12.9. The van der Waals surface area contributed by atoms with Gasteiger partial charge in [-0.3, -0.25) is 4.79 Å². The minimum absolute atomic E-state index is 0.106. The van der Waals surface area contributed by atoms with E-state index >= 15 is 0 Å². The second-order valence-electron chi connectivity index (χ2n) is 6.57. The Morgan fingerprint density at radius 2 is 1.73 bits per heavy atom. The standard InChI is InChI=1S/C21H27N3O5S/c1-6-24(7-2)30(27,28)19-13-16(10-9-14(19)4)23-20(25)18-12-11-17(15(5)22-18)21(26)29-8-3/h9-13H,6-8H2,1-5H3,(H,23,25). The van der Waals surface area contributed by atoms with E-state index in [9.17, 15) is 18.0 Å². The number of nitrogens with zero attached hydrogens (tertiary/aromatic N) is 2. The molecule has 2 rings (SSSR count). The van der Waals surface area contributed by atoms with Gasteiger partial charge in [-0.05, 0) is 50.6 Å². The number of sulfonamides is 1. The normalized spacial score (nSPS) is 11.4. The van der Waals surface area contributed by atoms with E-state index in [4.69, 9.17) is 4.74 Å². The highest BCUT2D eigenvalue weighted by Crippen LogP contribution is 2.24. The van der Waals surface area contributed by atoms with Crippen molar-refractivity contribution in [2.24, 2.45) is 0 Å². The van der Waals surface area contributed by atoms with Crippen LogP contribution in [0.5, 0.6) is 0 Å². The van der Waals surface area contributed by atoms with Gasteiger partial charge >= 0.3 is 5.97 Å². The Morgan fingerprint density at radius 3 is 2.30 bits per heavy atom. The zero-order chi connectivity index (χ0) is 22.5. The molecule has 1 aromatic heterocycles. The highest BCUT2D eigenvalue weighted by Gasteiger charge is 2.24. The second-order valence-corrected chi connectivity index (χ2v) is 8.48. The molecule has 0 aliphatic heterocycles. The molecular formula is C21H27N3O5S. The molecule has 0 spiro atoms. The van der Waals surface area contributed by atoms with Gasteiger partial charge in [0.1, 0.15) is 5.69 Å². The third kappa shape index (κ3) is 5.03. The van der Waals surface area contributed by atoms with Crippen molar-refractivity contribution >= 4 is 27.6 Å². The van der Waals surface area contributed by atoms with Gasteiger partial charge in [-0.25, -0.2) is 18.2 Å². The van der Waals surface area contributed by atoms with Crippen LogP contribution in [0.2, 0.25) is 0 Å². The van der Waals surface area contributed by atoms with Crippen molar-refractivity contribution in [2.45, 2.75) is 39.5 Å². The van der Waals surface area contributed by atoms with E-state index in [1.165, 1.54) is 22.5 Å². The summed E-state index contributed by atoms with van der Waals surface area (Å²) in [6, 6.07) is 7.64. The number of benzene rings is 1. The van der Waals surface area contributed by atoms with Gasteiger partial charge in [-0.2, -0.15) is 4.31 Å². The van der Waals surface area contributed by atoms with Crippen molar-refractivity contribution in [3.8, 4) is 0 Å². The lowest BCUT2D eigenvalue weighted by atomic mass is 10.1. The number of carbonyl (C=O) groups is 2. The number of hydrogen-bond acceptors (Lipinski definition) is 6. The van der Waals surface area contributed by atoms with Crippen LogP contribution in [-0.2, 0) is 14.8 Å². The van der Waals surface area contributed by atoms with Gasteiger partial charge in [0.05, 0.1) is 22.8 Å². The van der Waals surface area contributed by atoms with Gasteiger partial charge in [0.25, 0.3) is 5.91 Å². The average molecular weight is 434 g/mol. The lowest BCUT2D eigenvalue weighted by Gasteiger charge is -2.20. The number of rotatable bonds is 8. The smallest absolute Gasteiger partial charge is 0.339 e. The summed E-state index contributed by atoms with van der Waals surface area (Å²) >= 11 is 0. The number of nitrogens with one attached hydrogen (secondary N) is 1. The molecule has 0 aliphatic carbocycles. The Kier molecular flexibility index (Phi) is 7.69. The molecule has 0 saturated carbocycles. The summed E-state index contributed by atoms with van der Waals surface area (Å²) < 4.78 is 32.1. The summed E-state index contributed by atoms with van der Waals surface area (Å²) in [5.41, 5.74) is 1.69. The average Bonchev–Trinajstić information content (AvgIpc) is 2.70. The predicted octanol–water partition coefficient (Wildman–Crippen LogP) is 3.16. The lowest BCUT2D eigenvalue weighted by molar-refractivity contribution is 0.0524. The first kappa shape index (κ1) is 23.5. The number of esters is 1. The molecule has 0 saturated heterocycles. The number of carbonyl (C=O) groups excluding carboxylic acids is 2. The fourth-order valence-electron chi connectivity index (χ4n) is 2.97. The summed E-state index contributed by atoms with van der Waals surface area (Å²) in [7, 11) is -3.67. The highest BCUT2D eigenvalue weighted by molar-refractivity contribution is 7.89. The van der Waals surface area contributed by atoms with Gasteiger partial charge in [-0.1, -0.05) is 19.9 Å². The lowest BCUT2D eigenvalue weighted by Crippen LogP contribution is -2.31. The van der Waals surface area contributed by atoms with Crippen LogP contribution in [0.4, 0.5) is 5.69 Å². The third-order valence-electron chi connectivity index (χ3n) is 4.58. The van der Waals surface area contributed by atoms with Crippen molar-refractivity contribution in [1.82, 2.24) is 9.29 Å². The molecule has 0 bridgehead atoms. The summed E-state index contributed by atoms with van der Waals surface area (Å²) in [6.45, 7) is 9.53. The van der Waals surface area contributed by atoms with Crippen molar-refractivity contribution < 1.29 is 22.7 Å². The fourth-order valence-corrected chi connectivity index (χ4v) is 4.67. The number of aryl methyl sites for hydroxylation is 2. The van der Waals surface area contributed by atoms with Gasteiger partial charge in [0.2, 0.25) is 10.0 Å². The molecule has 30 heavy (non-hydrogen) atoms. The molecule has 0 atom stereocenters. The summed E-state index contributed by atoms with van der Waals surface area (Å²) in [5.74, 6) is -1.01. The molecule has 2 aromatic rings. The van der Waals surface area contributed by atoms with Crippen LogP contribution in [0.1, 0.15) is 52.9 Å². The molecular weight excluding hydrogens is 406 g/mol. The van der Waals surface area contributed by atoms with Crippen LogP contribution in [0, 0.1) is 13.8 Å². The van der Waals surface area contributed by atoms with Crippen LogP contribution in [0.25, 0.3) is 0 Å². The molecule has 0 aliphatic rings. The minimum atomic E-state index is -3.67. The molecule has 1 N–H and O–H groups in total. The number of pyridine rings is 1. The van der Waals surface area contributed by atoms with E-state index < -0.39 is 21.9 Å². The first-order valence-electron chi connectivity index (χ1n) is 9.72. The van der Waals surface area contributed by atoms with Crippen LogP contribution in [-0.4, -0.2) is 49.3 Å². The Morgan fingerprint density at radius 1 is 1.07 bits per heavy atom. The molecule has 162 valence electrons. The second kappa shape index (κ2) is 9.82. The van der Waals surface area contributed by atoms with E-state index in [2.05, 4.69) is 10.3 Å². The quantitative estimate of drug-likeness (QED) is 0.641. The van der Waals surface area contributed by atoms with Crippen LogP contribution < -0.4 is 5.32 Å². The van der Waals surface area contributed by atoms with Crippen LogP contribution >= 0.6 is 0 Å². The summed E-state index contributed by atoms with van der Waals surface area (Å²) in [6.07, 6.45) is 0. The molecule has 8 nitrogen and oxygen atoms in total. The van der Waals surface area contributed by atoms with Gasteiger partial charge in [-0.15, -0.1) is 0 Å². The van der Waals surface area contributed by atoms with Gasteiger partial charge in [0, 0.05) is 18.8 Å². The van der Waals surface area contributed by atoms with E-state index in [1.807, 2.05) is 0 Å². The monoisotopic (exact) mass is 433 g/mol. The van der Waals surface area contributed by atoms with Crippen molar-refractivity contribution in [2.75, 3.05) is 25.0 Å². The van der Waals surface area contributed by atoms with Crippen LogP contribution in [0.15, 0.2) is 35.2 Å². The van der Waals surface area contributed by atoms with E-state index in [0.29, 0.717) is 30.0 Å². The molecule has 0 unspecified atom stereocenters. The van der Waals surface area contributed by atoms with E-state index in [-0.39, 0.29) is 22.8 Å². The Balaban J connectivity index is 2.30. The SMILES string of the molecule is CCOC(=O)c1ccc(C(=O)Nc2ccc(C)c(S(=O)(=O)N(CC)CC)c2)nc1C. The number of anilines is 1. The molecule has 0 fully saturated rings. The maximum absolute atomic E-state index is 12.9. The number of ether oxygens (including phenoxy) is 1. The Bertz CT molecular complexity index is 1050. The molecule has 1 amide bonds. The van der Waals surface area contributed by atoms with Gasteiger partial charge < -0.3 is 10.1 Å². The molecule has 9 heteroatoms. The van der Waals surface area contributed by atoms with Crippen LogP contribution in [0.3, 0.4) is 0 Å². The third-order valence-corrected chi connectivity index (χ3v) is 6.77. The van der Waals surface area contributed by atoms with Crippen molar-refractivity contribution in [1.29, 1.82) is 0 Å². The van der Waals surface area contributed by atoms with E-state index in [0.717, 1.165) is 0 Å². The fraction of sp³-hybridized carbons (Fsp3) is 0.381. The number of aromatic nitrogens is 1. The zero-order valence-corrected chi connectivity index (χ0v) is 18.7. The van der Waals surface area contributed by atoms with Crippen molar-refractivity contribution in [3.05, 3.63) is 52.8 Å². The molecule has 1 heterocycles. The maximum Gasteiger partial charge on any atom is 0.339 e. The van der Waals surface area contributed by atoms with Crippen molar-refractivity contribution in [3.63, 3.8) is 0 Å². The topological polar surface area (TPSA) is 106 Å². The zero-order valence-electron chi connectivity index (χ0n) is 17.9. The summed E-state index contributed by atoms with van der Waals surface area (Å²) in [5, 5.41) is 2.67. The first-order chi connectivity index (χ1) is 14.1. The number of hydrogen-bond donors (Lipinski definition) is 1. The predicted molar refractivity (Wildman–Crippen MR) is 114 cm³/mol. The largest absolute Gasteiger partial charge is 0.462 e. The highest BCUT2D eigenvalue weighted by atomic mass is 32.2. The molecule has 0 radical (unpaired) electrons. The van der Waals surface area contributed by atoms with Gasteiger partial charge in [0.15, 0.2) is 0 Å².